The first-order valence-corrected chi connectivity index (χ1v) is 7.09. The Bertz CT molecular complexity index is 381. The maximum Gasteiger partial charge on any atom is 0.443 e. The third-order valence-electron chi connectivity index (χ3n) is 2.59. The smallest absolute Gasteiger partial charge is 0.377 e. The van der Waals surface area contributed by atoms with Crippen LogP contribution in [0.4, 0.5) is 13.2 Å². The van der Waals surface area contributed by atoms with Crippen molar-refractivity contribution in [3.8, 4) is 0 Å². The van der Waals surface area contributed by atoms with Crippen LogP contribution in [0.15, 0.2) is 6.20 Å². The lowest BCUT2D eigenvalue weighted by Crippen LogP contribution is -2.32. The molecule has 0 aliphatic carbocycles. The SMILES string of the molecule is CCCNC(c1cnc(C(F)(F)F)s1)C(C)OCC. The molecule has 2 atom stereocenters. The number of hydrogen-bond donors (Lipinski definition) is 1. The van der Waals surface area contributed by atoms with Crippen LogP contribution in [0, 0.1) is 0 Å². The summed E-state index contributed by atoms with van der Waals surface area (Å²) in [7, 11) is 0. The van der Waals surface area contributed by atoms with Gasteiger partial charge >= 0.3 is 6.18 Å². The fraction of sp³-hybridized carbons (Fsp3) is 0.750. The number of thiazole rings is 1. The molecule has 19 heavy (non-hydrogen) atoms. The van der Waals surface area contributed by atoms with Gasteiger partial charge in [-0.05, 0) is 26.8 Å². The summed E-state index contributed by atoms with van der Waals surface area (Å²) in [6, 6.07) is -0.256. The quantitative estimate of drug-likeness (QED) is 0.834. The van der Waals surface area contributed by atoms with Gasteiger partial charge in [0.2, 0.25) is 0 Å². The van der Waals surface area contributed by atoms with Crippen molar-refractivity contribution in [3.05, 3.63) is 16.1 Å². The summed E-state index contributed by atoms with van der Waals surface area (Å²) in [6.07, 6.45) is -2.39. The number of hydrogen-bond acceptors (Lipinski definition) is 4. The van der Waals surface area contributed by atoms with Crippen molar-refractivity contribution in [3.63, 3.8) is 0 Å². The molecule has 0 aliphatic heterocycles. The molecule has 3 nitrogen and oxygen atoms in total. The number of halogens is 3. The molecule has 0 saturated heterocycles. The maximum absolute atomic E-state index is 12.6. The molecule has 2 unspecified atom stereocenters. The van der Waals surface area contributed by atoms with Crippen LogP contribution in [0.3, 0.4) is 0 Å². The normalized spacial score (nSPS) is 15.5. The average molecular weight is 296 g/mol. The fourth-order valence-electron chi connectivity index (χ4n) is 1.72. The van der Waals surface area contributed by atoms with E-state index in [9.17, 15) is 13.2 Å². The van der Waals surface area contributed by atoms with E-state index >= 15 is 0 Å². The van der Waals surface area contributed by atoms with Crippen molar-refractivity contribution in [1.29, 1.82) is 0 Å². The zero-order valence-corrected chi connectivity index (χ0v) is 12.1. The second-order valence-corrected chi connectivity index (χ2v) is 5.22. The number of nitrogens with zero attached hydrogens (tertiary/aromatic N) is 1. The molecule has 0 spiro atoms. The molecule has 0 saturated carbocycles. The Morgan fingerprint density at radius 1 is 1.42 bits per heavy atom. The minimum atomic E-state index is -4.38. The van der Waals surface area contributed by atoms with Crippen molar-refractivity contribution < 1.29 is 17.9 Å². The number of rotatable bonds is 7. The Morgan fingerprint density at radius 3 is 2.58 bits per heavy atom. The highest BCUT2D eigenvalue weighted by Crippen LogP contribution is 2.35. The molecule has 0 radical (unpaired) electrons. The molecule has 0 aromatic carbocycles. The highest BCUT2D eigenvalue weighted by atomic mass is 32.1. The Kier molecular flexibility index (Phi) is 6.22. The zero-order chi connectivity index (χ0) is 14.5. The van der Waals surface area contributed by atoms with Crippen LogP contribution >= 0.6 is 11.3 Å². The van der Waals surface area contributed by atoms with Gasteiger partial charge in [-0.3, -0.25) is 0 Å². The van der Waals surface area contributed by atoms with E-state index in [0.29, 0.717) is 22.8 Å². The molecule has 0 amide bonds. The van der Waals surface area contributed by atoms with Crippen LogP contribution in [0.5, 0.6) is 0 Å². The van der Waals surface area contributed by atoms with Crippen LogP contribution < -0.4 is 5.32 Å². The van der Waals surface area contributed by atoms with Gasteiger partial charge in [0.05, 0.1) is 12.1 Å². The second kappa shape index (κ2) is 7.21. The molecule has 0 fully saturated rings. The standard InChI is InChI=1S/C12H19F3N2OS/c1-4-6-16-10(8(3)18-5-2)9-7-17-11(19-9)12(13,14)15/h7-8,10,16H,4-6H2,1-3H3. The fourth-order valence-corrected chi connectivity index (χ4v) is 2.67. The first kappa shape index (κ1) is 16.4. The van der Waals surface area contributed by atoms with Crippen LogP contribution in [-0.2, 0) is 10.9 Å². The lowest BCUT2D eigenvalue weighted by atomic mass is 10.1. The summed E-state index contributed by atoms with van der Waals surface area (Å²) in [6.45, 7) is 6.96. The van der Waals surface area contributed by atoms with E-state index in [1.54, 1.807) is 0 Å². The zero-order valence-electron chi connectivity index (χ0n) is 11.3. The van der Waals surface area contributed by atoms with Crippen LogP contribution in [-0.4, -0.2) is 24.2 Å². The van der Waals surface area contributed by atoms with E-state index < -0.39 is 11.2 Å². The molecule has 110 valence electrons. The van der Waals surface area contributed by atoms with E-state index in [0.717, 1.165) is 13.0 Å². The molecule has 0 bridgehead atoms. The highest BCUT2D eigenvalue weighted by molar-refractivity contribution is 7.11. The molecule has 1 aromatic rings. The van der Waals surface area contributed by atoms with E-state index in [2.05, 4.69) is 10.3 Å². The van der Waals surface area contributed by atoms with Gasteiger partial charge in [0.1, 0.15) is 0 Å². The summed E-state index contributed by atoms with van der Waals surface area (Å²) in [5.74, 6) is 0. The minimum absolute atomic E-state index is 0.196. The van der Waals surface area contributed by atoms with Gasteiger partial charge in [-0.2, -0.15) is 13.2 Å². The lowest BCUT2D eigenvalue weighted by Gasteiger charge is -2.23. The number of ether oxygens (including phenoxy) is 1. The predicted octanol–water partition coefficient (Wildman–Crippen LogP) is 3.63. The number of alkyl halides is 3. The van der Waals surface area contributed by atoms with Crippen molar-refractivity contribution in [2.75, 3.05) is 13.2 Å². The Balaban J connectivity index is 2.87. The minimum Gasteiger partial charge on any atom is -0.377 e. The molecule has 1 N–H and O–H groups in total. The van der Waals surface area contributed by atoms with Gasteiger partial charge in [0, 0.05) is 17.7 Å². The highest BCUT2D eigenvalue weighted by Gasteiger charge is 2.35. The Labute approximate surface area is 115 Å². The van der Waals surface area contributed by atoms with Crippen LogP contribution in [0.2, 0.25) is 0 Å². The number of nitrogens with one attached hydrogen (secondary N) is 1. The summed E-state index contributed by atoms with van der Waals surface area (Å²) in [5, 5.41) is 2.40. The molecule has 1 heterocycles. The monoisotopic (exact) mass is 296 g/mol. The number of aromatic nitrogens is 1. The van der Waals surface area contributed by atoms with Crippen molar-refractivity contribution in [2.45, 2.75) is 45.5 Å². The van der Waals surface area contributed by atoms with Crippen molar-refractivity contribution >= 4 is 11.3 Å². The van der Waals surface area contributed by atoms with E-state index in [4.69, 9.17) is 4.74 Å². The van der Waals surface area contributed by atoms with E-state index in [-0.39, 0.29) is 12.1 Å². The average Bonchev–Trinajstić information content (AvgIpc) is 2.79. The van der Waals surface area contributed by atoms with Gasteiger partial charge in [0.25, 0.3) is 0 Å². The van der Waals surface area contributed by atoms with Gasteiger partial charge in [0.15, 0.2) is 5.01 Å². The summed E-state index contributed by atoms with van der Waals surface area (Å²) >= 11 is 0.674. The third-order valence-corrected chi connectivity index (χ3v) is 3.71. The second-order valence-electron chi connectivity index (χ2n) is 4.16. The van der Waals surface area contributed by atoms with Gasteiger partial charge < -0.3 is 10.1 Å². The molecule has 0 aliphatic rings. The Hall–Kier alpha value is -0.660. The van der Waals surface area contributed by atoms with Gasteiger partial charge in [-0.25, -0.2) is 4.98 Å². The Morgan fingerprint density at radius 2 is 2.11 bits per heavy atom. The van der Waals surface area contributed by atoms with Crippen LogP contribution in [0.1, 0.15) is 43.1 Å². The summed E-state index contributed by atoms with van der Waals surface area (Å²) in [4.78, 5) is 4.01. The van der Waals surface area contributed by atoms with Gasteiger partial charge in [-0.15, -0.1) is 11.3 Å². The third kappa shape index (κ3) is 4.74. The van der Waals surface area contributed by atoms with Gasteiger partial charge in [-0.1, -0.05) is 6.92 Å². The molecule has 7 heteroatoms. The first-order chi connectivity index (χ1) is 8.90. The van der Waals surface area contributed by atoms with Crippen molar-refractivity contribution in [1.82, 2.24) is 10.3 Å². The topological polar surface area (TPSA) is 34.2 Å². The molecular formula is C12H19F3N2OS. The molecular weight excluding hydrogens is 277 g/mol. The molecule has 1 aromatic heterocycles. The van der Waals surface area contributed by atoms with E-state index in [1.165, 1.54) is 6.20 Å². The first-order valence-electron chi connectivity index (χ1n) is 6.28. The molecule has 1 rings (SSSR count). The van der Waals surface area contributed by atoms with E-state index in [1.807, 2.05) is 20.8 Å². The summed E-state index contributed by atoms with van der Waals surface area (Å²) in [5.41, 5.74) is 0. The van der Waals surface area contributed by atoms with Crippen molar-refractivity contribution in [2.24, 2.45) is 0 Å². The summed E-state index contributed by atoms with van der Waals surface area (Å²) < 4.78 is 43.2. The predicted molar refractivity (Wildman–Crippen MR) is 69.2 cm³/mol. The lowest BCUT2D eigenvalue weighted by molar-refractivity contribution is -0.137. The van der Waals surface area contributed by atoms with Crippen LogP contribution in [0.25, 0.3) is 0 Å². The maximum atomic E-state index is 12.6. The largest absolute Gasteiger partial charge is 0.443 e.